The van der Waals surface area contributed by atoms with Crippen LogP contribution < -0.4 is 4.74 Å². The molecule has 0 bridgehead atoms. The van der Waals surface area contributed by atoms with Crippen molar-refractivity contribution in [2.75, 3.05) is 13.1 Å². The minimum atomic E-state index is -1.04. The summed E-state index contributed by atoms with van der Waals surface area (Å²) in [6, 6.07) is 5.11. The number of carbonyl (C=O) groups excluding carboxylic acids is 2. The maximum Gasteiger partial charge on any atom is 0.328 e. The summed E-state index contributed by atoms with van der Waals surface area (Å²) in [6.07, 6.45) is 4.05. The van der Waals surface area contributed by atoms with Crippen molar-refractivity contribution in [3.8, 4) is 5.75 Å². The highest BCUT2D eigenvalue weighted by molar-refractivity contribution is 6.01. The summed E-state index contributed by atoms with van der Waals surface area (Å²) in [6.45, 7) is 2.74. The van der Waals surface area contributed by atoms with Crippen LogP contribution in [-0.4, -0.2) is 46.4 Å². The van der Waals surface area contributed by atoms with Gasteiger partial charge < -0.3 is 14.7 Å². The van der Waals surface area contributed by atoms with Gasteiger partial charge in [-0.3, -0.25) is 9.59 Å². The van der Waals surface area contributed by atoms with Crippen molar-refractivity contribution in [1.29, 1.82) is 0 Å². The van der Waals surface area contributed by atoms with E-state index < -0.39 is 11.6 Å². The Bertz CT molecular complexity index is 729. The van der Waals surface area contributed by atoms with Crippen molar-refractivity contribution in [3.63, 3.8) is 0 Å². The third-order valence-electron chi connectivity index (χ3n) is 4.65. The largest absolute Gasteiger partial charge is 0.486 e. The first kappa shape index (κ1) is 16.2. The second kappa shape index (κ2) is 6.11. The second-order valence-corrected chi connectivity index (χ2v) is 6.32. The van der Waals surface area contributed by atoms with Gasteiger partial charge in [-0.05, 0) is 23.8 Å². The Morgan fingerprint density at radius 2 is 2.00 bits per heavy atom. The van der Waals surface area contributed by atoms with E-state index in [1.165, 1.54) is 6.08 Å². The molecule has 6 nitrogen and oxygen atoms in total. The van der Waals surface area contributed by atoms with E-state index in [1.807, 2.05) is 0 Å². The Kier molecular flexibility index (Phi) is 4.13. The highest BCUT2D eigenvalue weighted by Crippen LogP contribution is 2.39. The molecule has 0 atom stereocenters. The Morgan fingerprint density at radius 1 is 1.29 bits per heavy atom. The molecule has 0 saturated carbocycles. The molecule has 1 fully saturated rings. The van der Waals surface area contributed by atoms with E-state index in [-0.39, 0.29) is 18.1 Å². The third-order valence-corrected chi connectivity index (χ3v) is 4.65. The minimum Gasteiger partial charge on any atom is -0.486 e. The highest BCUT2D eigenvalue weighted by Gasteiger charge is 2.43. The van der Waals surface area contributed by atoms with Gasteiger partial charge in [-0.25, -0.2) is 4.79 Å². The van der Waals surface area contributed by atoms with E-state index in [2.05, 4.69) is 0 Å². The zero-order valence-electron chi connectivity index (χ0n) is 13.4. The average Bonchev–Trinajstić information content (AvgIpc) is 2.53. The summed E-state index contributed by atoms with van der Waals surface area (Å²) >= 11 is 0. The van der Waals surface area contributed by atoms with E-state index >= 15 is 0 Å². The highest BCUT2D eigenvalue weighted by atomic mass is 16.5. The SMILES string of the molecule is CC(=O)N1CCC2(CC1)CC(=O)c1cc(/C=C/C(=O)O)ccc1O2. The van der Waals surface area contributed by atoms with Crippen LogP contribution in [0.15, 0.2) is 24.3 Å². The van der Waals surface area contributed by atoms with Crippen molar-refractivity contribution in [1.82, 2.24) is 4.90 Å². The molecule has 2 aliphatic rings. The normalized spacial score (nSPS) is 19.2. The van der Waals surface area contributed by atoms with Crippen LogP contribution >= 0.6 is 0 Å². The molecular formula is C18H19NO5. The van der Waals surface area contributed by atoms with Gasteiger partial charge >= 0.3 is 5.97 Å². The standard InChI is InChI=1S/C18H19NO5/c1-12(20)19-8-6-18(7-9-19)11-15(21)14-10-13(3-5-17(22)23)2-4-16(14)24-18/h2-5,10H,6-9,11H2,1H3,(H,22,23)/b5-3+. The fourth-order valence-corrected chi connectivity index (χ4v) is 3.29. The maximum absolute atomic E-state index is 12.6. The Balaban J connectivity index is 1.80. The van der Waals surface area contributed by atoms with Crippen LogP contribution in [-0.2, 0) is 9.59 Å². The smallest absolute Gasteiger partial charge is 0.328 e. The lowest BCUT2D eigenvalue weighted by Gasteiger charge is -2.43. The van der Waals surface area contributed by atoms with Gasteiger partial charge in [0.2, 0.25) is 5.91 Å². The number of carboxylic acid groups (broad SMARTS) is 1. The Hall–Kier alpha value is -2.63. The van der Waals surface area contributed by atoms with Gasteiger partial charge in [0.1, 0.15) is 11.4 Å². The van der Waals surface area contributed by atoms with Gasteiger partial charge in [-0.1, -0.05) is 6.07 Å². The Labute approximate surface area is 139 Å². The summed E-state index contributed by atoms with van der Waals surface area (Å²) in [5, 5.41) is 8.69. The molecule has 1 amide bonds. The molecule has 0 radical (unpaired) electrons. The van der Waals surface area contributed by atoms with Crippen LogP contribution in [0.1, 0.15) is 42.1 Å². The van der Waals surface area contributed by atoms with Gasteiger partial charge in [-0.15, -0.1) is 0 Å². The number of ketones is 1. The van der Waals surface area contributed by atoms with Crippen molar-refractivity contribution in [2.45, 2.75) is 31.8 Å². The minimum absolute atomic E-state index is 0.00176. The molecule has 0 aromatic heterocycles. The maximum atomic E-state index is 12.6. The second-order valence-electron chi connectivity index (χ2n) is 6.32. The zero-order valence-corrected chi connectivity index (χ0v) is 13.4. The van der Waals surface area contributed by atoms with Crippen molar-refractivity contribution >= 4 is 23.7 Å². The summed E-state index contributed by atoms with van der Waals surface area (Å²) in [5.74, 6) is -0.457. The first-order valence-electron chi connectivity index (χ1n) is 7.91. The fraction of sp³-hybridized carbons (Fsp3) is 0.389. The molecule has 1 N–H and O–H groups in total. The predicted octanol–water partition coefficient (Wildman–Crippen LogP) is 2.13. The van der Waals surface area contributed by atoms with Crippen LogP contribution in [0.4, 0.5) is 0 Å². The number of likely N-dealkylation sites (tertiary alicyclic amines) is 1. The number of ether oxygens (including phenoxy) is 1. The van der Waals surface area contributed by atoms with Gasteiger partial charge in [0.05, 0.1) is 12.0 Å². The molecule has 0 aliphatic carbocycles. The molecule has 1 aromatic rings. The van der Waals surface area contributed by atoms with Crippen LogP contribution in [0.2, 0.25) is 0 Å². The van der Waals surface area contributed by atoms with Gasteiger partial charge in [-0.2, -0.15) is 0 Å². The number of piperidine rings is 1. The summed E-state index contributed by atoms with van der Waals surface area (Å²) < 4.78 is 6.14. The molecular weight excluding hydrogens is 310 g/mol. The lowest BCUT2D eigenvalue weighted by Crippen LogP contribution is -2.51. The number of Topliss-reactive ketones (excluding diaryl/α,β-unsaturated/α-hetero) is 1. The topological polar surface area (TPSA) is 83.9 Å². The van der Waals surface area contributed by atoms with Gasteiger partial charge in [0.25, 0.3) is 0 Å². The molecule has 0 unspecified atom stereocenters. The van der Waals surface area contributed by atoms with Crippen molar-refractivity contribution < 1.29 is 24.2 Å². The number of hydrogen-bond donors (Lipinski definition) is 1. The Morgan fingerprint density at radius 3 is 2.62 bits per heavy atom. The third kappa shape index (κ3) is 3.18. The van der Waals surface area contributed by atoms with Gasteiger partial charge in [0.15, 0.2) is 5.78 Å². The van der Waals surface area contributed by atoms with Crippen molar-refractivity contribution in [3.05, 3.63) is 35.4 Å². The molecule has 1 spiro atoms. The first-order valence-corrected chi connectivity index (χ1v) is 7.91. The number of nitrogens with zero attached hydrogens (tertiary/aromatic N) is 1. The lowest BCUT2D eigenvalue weighted by molar-refractivity contribution is -0.133. The molecule has 6 heteroatoms. The summed E-state index contributed by atoms with van der Waals surface area (Å²) in [4.78, 5) is 36.4. The number of aliphatic carboxylic acids is 1. The zero-order chi connectivity index (χ0) is 17.3. The molecule has 2 heterocycles. The van der Waals surface area contributed by atoms with E-state index in [0.29, 0.717) is 42.8 Å². The van der Waals surface area contributed by atoms with Crippen molar-refractivity contribution in [2.24, 2.45) is 0 Å². The van der Waals surface area contributed by atoms with Crippen LogP contribution in [0, 0.1) is 0 Å². The molecule has 2 aliphatic heterocycles. The monoisotopic (exact) mass is 329 g/mol. The molecule has 1 saturated heterocycles. The molecule has 24 heavy (non-hydrogen) atoms. The number of benzene rings is 1. The number of fused-ring (bicyclic) bond motifs is 1. The first-order chi connectivity index (χ1) is 11.4. The van der Waals surface area contributed by atoms with E-state index in [9.17, 15) is 14.4 Å². The average molecular weight is 329 g/mol. The summed E-state index contributed by atoms with van der Waals surface area (Å²) in [5.41, 5.74) is 0.603. The van der Waals surface area contributed by atoms with E-state index in [4.69, 9.17) is 9.84 Å². The number of hydrogen-bond acceptors (Lipinski definition) is 4. The predicted molar refractivity (Wildman–Crippen MR) is 86.9 cm³/mol. The molecule has 126 valence electrons. The number of amides is 1. The van der Waals surface area contributed by atoms with Crippen LogP contribution in [0.3, 0.4) is 0 Å². The van der Waals surface area contributed by atoms with E-state index in [0.717, 1.165) is 6.08 Å². The molecule has 3 rings (SSSR count). The van der Waals surface area contributed by atoms with E-state index in [1.54, 1.807) is 30.0 Å². The van der Waals surface area contributed by atoms with Gasteiger partial charge in [0, 0.05) is 38.9 Å². The number of carbonyl (C=O) groups is 3. The number of carboxylic acids is 1. The summed E-state index contributed by atoms with van der Waals surface area (Å²) in [7, 11) is 0. The lowest BCUT2D eigenvalue weighted by atomic mass is 9.82. The van der Waals surface area contributed by atoms with Crippen LogP contribution in [0.5, 0.6) is 5.75 Å². The van der Waals surface area contributed by atoms with Crippen LogP contribution in [0.25, 0.3) is 6.08 Å². The number of rotatable bonds is 2. The molecule has 1 aromatic carbocycles. The fourth-order valence-electron chi connectivity index (χ4n) is 3.29. The quantitative estimate of drug-likeness (QED) is 0.840.